The summed E-state index contributed by atoms with van der Waals surface area (Å²) in [6.07, 6.45) is 0. The van der Waals surface area contributed by atoms with Crippen molar-refractivity contribution in [1.29, 1.82) is 0 Å². The number of pyridine rings is 1. The van der Waals surface area contributed by atoms with Crippen molar-refractivity contribution >= 4 is 23.6 Å². The van der Waals surface area contributed by atoms with Gasteiger partial charge >= 0.3 is 11.9 Å². The zero-order valence-electron chi connectivity index (χ0n) is 10.2. The van der Waals surface area contributed by atoms with E-state index in [2.05, 4.69) is 4.98 Å². The number of esters is 2. The van der Waals surface area contributed by atoms with Crippen molar-refractivity contribution in [3.05, 3.63) is 17.2 Å². The topological polar surface area (TPSA) is 118 Å². The Hall–Kier alpha value is -2.31. The molecule has 0 fully saturated rings. The normalized spacial score (nSPS) is 9.89. The van der Waals surface area contributed by atoms with Crippen LogP contribution in [0, 0.1) is 0 Å². The molecule has 0 unspecified atom stereocenters. The zero-order valence-corrected chi connectivity index (χ0v) is 10.2. The maximum atomic E-state index is 11.6. The summed E-state index contributed by atoms with van der Waals surface area (Å²) in [5.41, 5.74) is 11.1. The molecule has 0 aliphatic carbocycles. The lowest BCUT2D eigenvalue weighted by atomic mass is 10.1. The van der Waals surface area contributed by atoms with Gasteiger partial charge in [0.05, 0.1) is 13.2 Å². The molecule has 1 heterocycles. The van der Waals surface area contributed by atoms with Crippen LogP contribution in [0.5, 0.6) is 0 Å². The molecule has 0 aliphatic heterocycles. The van der Waals surface area contributed by atoms with Gasteiger partial charge in [-0.05, 0) is 19.9 Å². The van der Waals surface area contributed by atoms with Gasteiger partial charge in [0.2, 0.25) is 0 Å². The second-order valence-electron chi connectivity index (χ2n) is 3.29. The van der Waals surface area contributed by atoms with E-state index >= 15 is 0 Å². The quantitative estimate of drug-likeness (QED) is 0.754. The molecule has 0 atom stereocenters. The number of anilines is 2. The van der Waals surface area contributed by atoms with Crippen LogP contribution in [-0.2, 0) is 9.47 Å². The van der Waals surface area contributed by atoms with E-state index in [0.29, 0.717) is 0 Å². The number of ether oxygens (including phenoxy) is 2. The fourth-order valence-corrected chi connectivity index (χ4v) is 1.29. The van der Waals surface area contributed by atoms with Crippen molar-refractivity contribution in [1.82, 2.24) is 4.98 Å². The Bertz CT molecular complexity index is 434. The molecule has 0 aliphatic rings. The molecule has 1 aromatic rings. The molecule has 1 aromatic heterocycles. The highest BCUT2D eigenvalue weighted by molar-refractivity contribution is 6.00. The monoisotopic (exact) mass is 253 g/mol. The predicted molar refractivity (Wildman–Crippen MR) is 65.0 cm³/mol. The van der Waals surface area contributed by atoms with Crippen molar-refractivity contribution in [2.24, 2.45) is 0 Å². The van der Waals surface area contributed by atoms with Gasteiger partial charge in [-0.15, -0.1) is 0 Å². The maximum absolute atomic E-state index is 11.6. The van der Waals surface area contributed by atoms with Crippen LogP contribution in [-0.4, -0.2) is 30.1 Å². The van der Waals surface area contributed by atoms with Crippen LogP contribution >= 0.6 is 0 Å². The number of rotatable bonds is 4. The number of nitrogens with two attached hydrogens (primary N) is 2. The molecule has 1 rings (SSSR count). The number of hydrogen-bond acceptors (Lipinski definition) is 7. The van der Waals surface area contributed by atoms with Gasteiger partial charge < -0.3 is 20.9 Å². The first-order valence-electron chi connectivity index (χ1n) is 5.41. The van der Waals surface area contributed by atoms with E-state index in [1.165, 1.54) is 6.07 Å². The summed E-state index contributed by atoms with van der Waals surface area (Å²) in [6.45, 7) is 3.70. The Labute approximate surface area is 104 Å². The average molecular weight is 253 g/mol. The molecule has 7 heteroatoms. The van der Waals surface area contributed by atoms with Crippen LogP contribution in [0.4, 0.5) is 11.6 Å². The van der Waals surface area contributed by atoms with Gasteiger partial charge in [0.15, 0.2) is 0 Å². The third-order valence-corrected chi connectivity index (χ3v) is 2.07. The number of nitrogens with zero attached hydrogens (tertiary/aromatic N) is 1. The van der Waals surface area contributed by atoms with E-state index < -0.39 is 11.9 Å². The Morgan fingerprint density at radius 1 is 1.06 bits per heavy atom. The fraction of sp³-hybridized carbons (Fsp3) is 0.364. The van der Waals surface area contributed by atoms with E-state index in [-0.39, 0.29) is 36.0 Å². The summed E-state index contributed by atoms with van der Waals surface area (Å²) >= 11 is 0. The molecule has 0 saturated heterocycles. The molecule has 0 radical (unpaired) electrons. The highest BCUT2D eigenvalue weighted by Gasteiger charge is 2.19. The molecular weight excluding hydrogens is 238 g/mol. The molecule has 98 valence electrons. The lowest BCUT2D eigenvalue weighted by Gasteiger charge is -2.09. The van der Waals surface area contributed by atoms with Crippen molar-refractivity contribution in [3.8, 4) is 0 Å². The zero-order chi connectivity index (χ0) is 13.7. The standard InChI is InChI=1S/C11H15N3O4/c1-3-17-10(15)6-5-7(11(16)18-4-2)9(13)14-8(6)12/h5H,3-4H2,1-2H3,(H4,12,13,14). The van der Waals surface area contributed by atoms with Gasteiger partial charge in [0.25, 0.3) is 0 Å². The van der Waals surface area contributed by atoms with Crippen LogP contribution in [0.3, 0.4) is 0 Å². The number of carbonyl (C=O) groups excluding carboxylic acids is 2. The number of nitrogen functional groups attached to an aromatic ring is 2. The smallest absolute Gasteiger partial charge is 0.341 e. The molecule has 0 aromatic carbocycles. The van der Waals surface area contributed by atoms with Crippen molar-refractivity contribution in [2.75, 3.05) is 24.7 Å². The summed E-state index contributed by atoms with van der Waals surface area (Å²) in [4.78, 5) is 26.9. The fourth-order valence-electron chi connectivity index (χ4n) is 1.29. The minimum Gasteiger partial charge on any atom is -0.462 e. The van der Waals surface area contributed by atoms with E-state index in [1.54, 1.807) is 13.8 Å². The summed E-state index contributed by atoms with van der Waals surface area (Å²) in [7, 11) is 0. The second kappa shape index (κ2) is 5.85. The first-order valence-corrected chi connectivity index (χ1v) is 5.41. The first-order chi connectivity index (χ1) is 8.51. The Morgan fingerprint density at radius 3 is 1.78 bits per heavy atom. The van der Waals surface area contributed by atoms with Crippen LogP contribution in [0.15, 0.2) is 6.07 Å². The molecular formula is C11H15N3O4. The molecule has 18 heavy (non-hydrogen) atoms. The molecule has 0 spiro atoms. The molecule has 7 nitrogen and oxygen atoms in total. The van der Waals surface area contributed by atoms with Crippen LogP contribution < -0.4 is 11.5 Å². The van der Waals surface area contributed by atoms with Gasteiger partial charge in [0, 0.05) is 0 Å². The summed E-state index contributed by atoms with van der Waals surface area (Å²) in [5, 5.41) is 0. The van der Waals surface area contributed by atoms with Crippen LogP contribution in [0.2, 0.25) is 0 Å². The Morgan fingerprint density at radius 2 is 1.44 bits per heavy atom. The lowest BCUT2D eigenvalue weighted by molar-refractivity contribution is 0.0526. The Kier molecular flexibility index (Phi) is 4.47. The van der Waals surface area contributed by atoms with Gasteiger partial charge in [-0.1, -0.05) is 0 Å². The number of hydrogen-bond donors (Lipinski definition) is 2. The first kappa shape index (κ1) is 13.8. The highest BCUT2D eigenvalue weighted by Crippen LogP contribution is 2.19. The van der Waals surface area contributed by atoms with Gasteiger partial charge in [0.1, 0.15) is 22.8 Å². The SMILES string of the molecule is CCOC(=O)c1cc(C(=O)OCC)c(N)nc1N. The number of carbonyl (C=O) groups is 2. The lowest BCUT2D eigenvalue weighted by Crippen LogP contribution is -2.15. The molecule has 4 N–H and O–H groups in total. The van der Waals surface area contributed by atoms with Crippen molar-refractivity contribution in [3.63, 3.8) is 0 Å². The van der Waals surface area contributed by atoms with Crippen molar-refractivity contribution < 1.29 is 19.1 Å². The predicted octanol–water partition coefficient (Wildman–Crippen LogP) is 0.599. The average Bonchev–Trinajstić information content (AvgIpc) is 2.29. The second-order valence-corrected chi connectivity index (χ2v) is 3.29. The van der Waals surface area contributed by atoms with E-state index in [1.807, 2.05) is 0 Å². The van der Waals surface area contributed by atoms with E-state index in [0.717, 1.165) is 0 Å². The minimum atomic E-state index is -0.659. The summed E-state index contributed by atoms with van der Waals surface area (Å²) in [5.74, 6) is -1.49. The molecule has 0 amide bonds. The van der Waals surface area contributed by atoms with Gasteiger partial charge in [-0.3, -0.25) is 0 Å². The van der Waals surface area contributed by atoms with Crippen LogP contribution in [0.25, 0.3) is 0 Å². The third kappa shape index (κ3) is 2.88. The molecule has 0 bridgehead atoms. The Balaban J connectivity index is 3.17. The van der Waals surface area contributed by atoms with Gasteiger partial charge in [-0.2, -0.15) is 0 Å². The minimum absolute atomic E-state index is 0.00546. The van der Waals surface area contributed by atoms with Crippen LogP contribution in [0.1, 0.15) is 34.6 Å². The molecule has 0 saturated carbocycles. The summed E-state index contributed by atoms with van der Waals surface area (Å²) < 4.78 is 9.58. The highest BCUT2D eigenvalue weighted by atomic mass is 16.5. The van der Waals surface area contributed by atoms with Gasteiger partial charge in [-0.25, -0.2) is 14.6 Å². The largest absolute Gasteiger partial charge is 0.462 e. The maximum Gasteiger partial charge on any atom is 0.341 e. The van der Waals surface area contributed by atoms with Crippen molar-refractivity contribution in [2.45, 2.75) is 13.8 Å². The van der Waals surface area contributed by atoms with E-state index in [9.17, 15) is 9.59 Å². The summed E-state index contributed by atoms with van der Waals surface area (Å²) in [6, 6.07) is 1.23. The van der Waals surface area contributed by atoms with E-state index in [4.69, 9.17) is 20.9 Å². The number of aromatic nitrogens is 1. The third-order valence-electron chi connectivity index (χ3n) is 2.07.